The van der Waals surface area contributed by atoms with E-state index in [1.165, 1.54) is 0 Å². The molecule has 192 valence electrons. The minimum atomic E-state index is -0.657. The Kier molecular flexibility index (Phi) is 10.3. The zero-order chi connectivity index (χ0) is 25.8. The van der Waals surface area contributed by atoms with Crippen LogP contribution in [0.5, 0.6) is 0 Å². The maximum Gasteiger partial charge on any atom is 0.333 e. The molecule has 36 heavy (non-hydrogen) atoms. The third-order valence-corrected chi connectivity index (χ3v) is 4.99. The quantitative estimate of drug-likeness (QED) is 0.286. The van der Waals surface area contributed by atoms with Gasteiger partial charge in [-0.25, -0.2) is 4.79 Å². The minimum Gasteiger partial charge on any atom is -0.379 e. The zero-order valence-electron chi connectivity index (χ0n) is 20.0. The predicted molar refractivity (Wildman–Crippen MR) is 122 cm³/mol. The molecule has 0 bridgehead atoms. The number of aromatic nitrogens is 4. The van der Waals surface area contributed by atoms with Gasteiger partial charge >= 0.3 is 5.97 Å². The first kappa shape index (κ1) is 26.8. The van der Waals surface area contributed by atoms with Crippen molar-refractivity contribution >= 4 is 23.7 Å². The molecular formula is C23H28N6O7. The second kappa shape index (κ2) is 13.9. The topological polar surface area (TPSA) is 163 Å². The van der Waals surface area contributed by atoms with Gasteiger partial charge in [0.1, 0.15) is 0 Å². The van der Waals surface area contributed by atoms with E-state index < -0.39 is 17.8 Å². The average molecular weight is 501 g/mol. The number of ether oxygens (including phenoxy) is 2. The summed E-state index contributed by atoms with van der Waals surface area (Å²) in [5.74, 6) is -0.863. The van der Waals surface area contributed by atoms with E-state index in [0.29, 0.717) is 49.5 Å². The number of amides is 3. The van der Waals surface area contributed by atoms with Crippen molar-refractivity contribution in [1.29, 1.82) is 0 Å². The first-order valence-corrected chi connectivity index (χ1v) is 11.5. The Labute approximate surface area is 207 Å². The van der Waals surface area contributed by atoms with Crippen LogP contribution >= 0.6 is 0 Å². The number of nitrogens with one attached hydrogen (secondary N) is 1. The number of carbonyl (C=O) groups is 4. The lowest BCUT2D eigenvalue weighted by Crippen LogP contribution is -2.32. The molecular weight excluding hydrogens is 472 g/mol. The number of hydrogen-bond donors (Lipinski definition) is 1. The molecule has 0 aliphatic carbocycles. The molecule has 1 fully saturated rings. The molecule has 2 aromatic rings. The number of benzene rings is 1. The Hall–Kier alpha value is -3.84. The van der Waals surface area contributed by atoms with Gasteiger partial charge in [-0.15, -0.1) is 25.5 Å². The van der Waals surface area contributed by atoms with Crippen LogP contribution < -0.4 is 5.32 Å². The van der Waals surface area contributed by atoms with Gasteiger partial charge in [-0.3, -0.25) is 14.4 Å². The molecule has 1 N–H and O–H groups in total. The number of hydrogen-bond acceptors (Lipinski definition) is 11. The maximum absolute atomic E-state index is 12.0. The van der Waals surface area contributed by atoms with Crippen molar-refractivity contribution in [3.05, 3.63) is 35.7 Å². The van der Waals surface area contributed by atoms with Crippen molar-refractivity contribution in [1.82, 2.24) is 30.8 Å². The lowest BCUT2D eigenvalue weighted by Gasteiger charge is -2.12. The molecule has 1 aromatic carbocycles. The molecule has 0 unspecified atom stereocenters. The van der Waals surface area contributed by atoms with Gasteiger partial charge in [-0.1, -0.05) is 24.3 Å². The number of imide groups is 1. The van der Waals surface area contributed by atoms with Gasteiger partial charge in [-0.05, 0) is 18.9 Å². The Balaban J connectivity index is 1.17. The van der Waals surface area contributed by atoms with Crippen LogP contribution in [0.3, 0.4) is 0 Å². The van der Waals surface area contributed by atoms with Gasteiger partial charge < -0.3 is 19.6 Å². The van der Waals surface area contributed by atoms with Crippen molar-refractivity contribution in [3.63, 3.8) is 0 Å². The number of carbonyl (C=O) groups excluding carboxylic acids is 4. The summed E-state index contributed by atoms with van der Waals surface area (Å²) in [6.45, 7) is 3.26. The van der Waals surface area contributed by atoms with Crippen molar-refractivity contribution < 1.29 is 33.5 Å². The van der Waals surface area contributed by atoms with E-state index in [1.807, 2.05) is 24.3 Å². The lowest BCUT2D eigenvalue weighted by molar-refractivity contribution is -0.197. The molecule has 13 nitrogen and oxygen atoms in total. The molecule has 1 aliphatic heterocycles. The molecule has 3 amide bonds. The normalized spacial score (nSPS) is 13.2. The van der Waals surface area contributed by atoms with Crippen molar-refractivity contribution in [2.75, 3.05) is 26.4 Å². The SMILES string of the molecule is Cc1nnc(-c2ccc(CNC(=O)CCOCCOCCCC(=O)ON3C(=O)CCC3=O)cc2)nn1. The predicted octanol–water partition coefficient (Wildman–Crippen LogP) is 0.669. The van der Waals surface area contributed by atoms with Crippen LogP contribution in [0.1, 0.15) is 43.5 Å². The van der Waals surface area contributed by atoms with Crippen LogP contribution in [-0.4, -0.2) is 75.6 Å². The highest BCUT2D eigenvalue weighted by atomic mass is 16.7. The van der Waals surface area contributed by atoms with Gasteiger partial charge in [0, 0.05) is 38.0 Å². The third-order valence-electron chi connectivity index (χ3n) is 4.99. The molecule has 1 saturated heterocycles. The maximum atomic E-state index is 12.0. The van der Waals surface area contributed by atoms with E-state index in [1.54, 1.807) is 6.92 Å². The van der Waals surface area contributed by atoms with E-state index >= 15 is 0 Å². The summed E-state index contributed by atoms with van der Waals surface area (Å²) in [4.78, 5) is 51.2. The number of aryl methyl sites for hydroxylation is 1. The molecule has 1 aliphatic rings. The highest BCUT2D eigenvalue weighted by molar-refractivity contribution is 6.01. The van der Waals surface area contributed by atoms with Gasteiger partial charge in [0.05, 0.1) is 26.2 Å². The summed E-state index contributed by atoms with van der Waals surface area (Å²) in [5, 5.41) is 19.1. The molecule has 3 rings (SSSR count). The van der Waals surface area contributed by atoms with Crippen LogP contribution in [0.4, 0.5) is 0 Å². The molecule has 0 saturated carbocycles. The summed E-state index contributed by atoms with van der Waals surface area (Å²) in [6.07, 6.45) is 0.740. The van der Waals surface area contributed by atoms with Crippen molar-refractivity contribution in [2.24, 2.45) is 0 Å². The lowest BCUT2D eigenvalue weighted by atomic mass is 10.1. The van der Waals surface area contributed by atoms with E-state index in [4.69, 9.17) is 14.3 Å². The molecule has 2 heterocycles. The third kappa shape index (κ3) is 8.74. The van der Waals surface area contributed by atoms with E-state index in [9.17, 15) is 19.2 Å². The molecule has 13 heteroatoms. The van der Waals surface area contributed by atoms with Crippen molar-refractivity contribution in [3.8, 4) is 11.4 Å². The fraction of sp³-hybridized carbons (Fsp3) is 0.478. The number of hydroxylamine groups is 2. The second-order valence-electron chi connectivity index (χ2n) is 7.87. The van der Waals surface area contributed by atoms with Crippen LogP contribution in [0.15, 0.2) is 24.3 Å². The van der Waals surface area contributed by atoms with Gasteiger partial charge in [0.2, 0.25) is 11.7 Å². The Morgan fingerprint density at radius 2 is 1.53 bits per heavy atom. The number of rotatable bonds is 14. The van der Waals surface area contributed by atoms with E-state index in [-0.39, 0.29) is 38.2 Å². The van der Waals surface area contributed by atoms with Crippen LogP contribution in [0, 0.1) is 6.92 Å². The average Bonchev–Trinajstić information content (AvgIpc) is 3.19. The largest absolute Gasteiger partial charge is 0.379 e. The van der Waals surface area contributed by atoms with Crippen LogP contribution in [0.2, 0.25) is 0 Å². The summed E-state index contributed by atoms with van der Waals surface area (Å²) < 4.78 is 10.7. The van der Waals surface area contributed by atoms with Crippen LogP contribution in [0.25, 0.3) is 11.4 Å². The molecule has 0 spiro atoms. The number of nitrogens with zero attached hydrogens (tertiary/aromatic N) is 5. The summed E-state index contributed by atoms with van der Waals surface area (Å²) in [7, 11) is 0. The standard InChI is InChI=1S/C23H28N6O7/c1-16-25-27-23(28-26-16)18-6-4-17(5-7-18)15-24-19(30)10-12-35-14-13-34-11-2-3-22(33)36-29-20(31)8-9-21(29)32/h4-7H,2-3,8-15H2,1H3,(H,24,30). The summed E-state index contributed by atoms with van der Waals surface area (Å²) in [5.41, 5.74) is 1.72. The Morgan fingerprint density at radius 3 is 2.19 bits per heavy atom. The summed E-state index contributed by atoms with van der Waals surface area (Å²) in [6, 6.07) is 7.43. The monoisotopic (exact) mass is 500 g/mol. The van der Waals surface area contributed by atoms with Gasteiger partial charge in [-0.2, -0.15) is 0 Å². The fourth-order valence-corrected chi connectivity index (χ4v) is 3.07. The van der Waals surface area contributed by atoms with Gasteiger partial charge in [0.15, 0.2) is 5.82 Å². The highest BCUT2D eigenvalue weighted by Gasteiger charge is 2.32. The first-order valence-electron chi connectivity index (χ1n) is 11.5. The first-order chi connectivity index (χ1) is 17.4. The summed E-state index contributed by atoms with van der Waals surface area (Å²) >= 11 is 0. The molecule has 0 atom stereocenters. The zero-order valence-corrected chi connectivity index (χ0v) is 20.0. The molecule has 1 aromatic heterocycles. The van der Waals surface area contributed by atoms with Gasteiger partial charge in [0.25, 0.3) is 11.8 Å². The van der Waals surface area contributed by atoms with E-state index in [2.05, 4.69) is 25.7 Å². The fourth-order valence-electron chi connectivity index (χ4n) is 3.07. The highest BCUT2D eigenvalue weighted by Crippen LogP contribution is 2.14. The Morgan fingerprint density at radius 1 is 0.889 bits per heavy atom. The Bertz CT molecular complexity index is 1030. The van der Waals surface area contributed by atoms with E-state index in [0.717, 1.165) is 11.1 Å². The minimum absolute atomic E-state index is 0.0228. The molecule has 0 radical (unpaired) electrons. The second-order valence-corrected chi connectivity index (χ2v) is 7.87. The van der Waals surface area contributed by atoms with Crippen molar-refractivity contribution in [2.45, 2.75) is 45.6 Å². The van der Waals surface area contributed by atoms with Crippen LogP contribution in [-0.2, 0) is 40.0 Å². The smallest absolute Gasteiger partial charge is 0.333 e.